The molecule has 1 fully saturated rings. The van der Waals surface area contributed by atoms with Crippen molar-refractivity contribution in [1.29, 1.82) is 5.26 Å². The summed E-state index contributed by atoms with van der Waals surface area (Å²) in [6, 6.07) is 7.69. The standard InChI is InChI=1S/C20H21ClN6O2/c1-26-18(28)3-2-17(24-26)19-23-20(25-29-19)27-6-4-13(5-7-27)8-14-9-15(12-22)11-16(21)10-14/h2-3,9-11,13,18,28H,4-8H2,1H3. The van der Waals surface area contributed by atoms with Crippen molar-refractivity contribution in [2.45, 2.75) is 25.5 Å². The molecule has 0 saturated carbocycles. The van der Waals surface area contributed by atoms with Crippen molar-refractivity contribution in [3.8, 4) is 6.07 Å². The van der Waals surface area contributed by atoms with Gasteiger partial charge in [0.2, 0.25) is 0 Å². The van der Waals surface area contributed by atoms with Gasteiger partial charge in [-0.1, -0.05) is 11.6 Å². The van der Waals surface area contributed by atoms with Crippen LogP contribution in [-0.2, 0) is 6.42 Å². The monoisotopic (exact) mass is 412 g/mol. The third-order valence-corrected chi connectivity index (χ3v) is 5.44. The fourth-order valence-corrected chi connectivity index (χ4v) is 3.89. The minimum atomic E-state index is -0.746. The zero-order valence-electron chi connectivity index (χ0n) is 16.0. The Hall–Kier alpha value is -2.89. The number of halogens is 1. The summed E-state index contributed by atoms with van der Waals surface area (Å²) >= 11 is 6.12. The number of aliphatic hydroxyl groups excluding tert-OH is 1. The number of allylic oxidation sites excluding steroid dienone is 1. The van der Waals surface area contributed by atoms with Crippen LogP contribution < -0.4 is 4.90 Å². The highest BCUT2D eigenvalue weighted by Gasteiger charge is 2.25. The molecule has 4 rings (SSSR count). The van der Waals surface area contributed by atoms with E-state index in [1.165, 1.54) is 5.01 Å². The average Bonchev–Trinajstić information content (AvgIpc) is 3.20. The number of hydrogen-bond acceptors (Lipinski definition) is 8. The maximum absolute atomic E-state index is 9.66. The Kier molecular flexibility index (Phi) is 5.51. The zero-order chi connectivity index (χ0) is 20.4. The van der Waals surface area contributed by atoms with Gasteiger partial charge in [0.05, 0.1) is 11.6 Å². The zero-order valence-corrected chi connectivity index (χ0v) is 16.7. The van der Waals surface area contributed by atoms with Gasteiger partial charge in [-0.15, -0.1) is 0 Å². The smallest absolute Gasteiger partial charge is 0.279 e. The molecule has 1 unspecified atom stereocenters. The molecule has 0 radical (unpaired) electrons. The quantitative estimate of drug-likeness (QED) is 0.823. The lowest BCUT2D eigenvalue weighted by Crippen LogP contribution is -2.35. The van der Waals surface area contributed by atoms with E-state index in [1.54, 1.807) is 25.3 Å². The molecule has 150 valence electrons. The lowest BCUT2D eigenvalue weighted by atomic mass is 9.90. The van der Waals surface area contributed by atoms with E-state index in [0.717, 1.165) is 37.9 Å². The maximum atomic E-state index is 9.66. The fraction of sp³-hybridized carbons (Fsp3) is 0.400. The summed E-state index contributed by atoms with van der Waals surface area (Å²) in [5, 5.41) is 29.1. The minimum absolute atomic E-state index is 0.333. The van der Waals surface area contributed by atoms with Gasteiger partial charge >= 0.3 is 0 Å². The molecule has 0 bridgehead atoms. The second-order valence-corrected chi connectivity index (χ2v) is 7.76. The van der Waals surface area contributed by atoms with Crippen LogP contribution in [0.1, 0.15) is 29.9 Å². The van der Waals surface area contributed by atoms with Crippen LogP contribution in [0.5, 0.6) is 0 Å². The van der Waals surface area contributed by atoms with Crippen LogP contribution in [0.4, 0.5) is 5.95 Å². The van der Waals surface area contributed by atoms with Crippen LogP contribution in [0.2, 0.25) is 5.02 Å². The first-order valence-electron chi connectivity index (χ1n) is 9.48. The second kappa shape index (κ2) is 8.23. The van der Waals surface area contributed by atoms with Crippen LogP contribution in [0.15, 0.2) is 40.0 Å². The summed E-state index contributed by atoms with van der Waals surface area (Å²) in [5.74, 6) is 1.40. The molecule has 8 nitrogen and oxygen atoms in total. The fourth-order valence-electron chi connectivity index (χ4n) is 3.63. The van der Waals surface area contributed by atoms with Gasteiger partial charge in [-0.05, 0) is 66.3 Å². The molecule has 2 aliphatic rings. The van der Waals surface area contributed by atoms with Crippen LogP contribution in [0.3, 0.4) is 0 Å². The van der Waals surface area contributed by atoms with Crippen LogP contribution >= 0.6 is 11.6 Å². The van der Waals surface area contributed by atoms with Crippen LogP contribution in [-0.4, -0.2) is 52.3 Å². The number of rotatable bonds is 4. The first-order chi connectivity index (χ1) is 14.0. The number of anilines is 1. The Morgan fingerprint density at radius 3 is 2.83 bits per heavy atom. The Morgan fingerprint density at radius 2 is 2.10 bits per heavy atom. The third-order valence-electron chi connectivity index (χ3n) is 5.22. The summed E-state index contributed by atoms with van der Waals surface area (Å²) in [5.41, 5.74) is 2.23. The SMILES string of the molecule is CN1N=C(c2nc(N3CCC(Cc4cc(Cl)cc(C#N)c4)CC3)no2)C=CC1O. The molecule has 0 amide bonds. The normalized spacial score (nSPS) is 19.9. The van der Waals surface area contributed by atoms with Crippen LogP contribution in [0.25, 0.3) is 0 Å². The van der Waals surface area contributed by atoms with Gasteiger partial charge in [-0.2, -0.15) is 15.3 Å². The molecule has 1 aromatic heterocycles. The summed E-state index contributed by atoms with van der Waals surface area (Å²) in [4.78, 5) is 6.57. The van der Waals surface area contributed by atoms with Crippen molar-refractivity contribution in [2.24, 2.45) is 11.0 Å². The highest BCUT2D eigenvalue weighted by molar-refractivity contribution is 6.30. The molecular formula is C20H21ClN6O2. The number of benzene rings is 1. The number of hydrogen-bond donors (Lipinski definition) is 1. The first kappa shape index (κ1) is 19.4. The van der Waals surface area contributed by atoms with Crippen molar-refractivity contribution in [3.63, 3.8) is 0 Å². The summed E-state index contributed by atoms with van der Waals surface area (Å²) < 4.78 is 5.36. The van der Waals surface area contributed by atoms with E-state index in [2.05, 4.69) is 26.2 Å². The van der Waals surface area contributed by atoms with Crippen molar-refractivity contribution < 1.29 is 9.63 Å². The predicted octanol–water partition coefficient (Wildman–Crippen LogP) is 2.58. The van der Waals surface area contributed by atoms with Crippen molar-refractivity contribution in [2.75, 3.05) is 25.0 Å². The van der Waals surface area contributed by atoms with Crippen molar-refractivity contribution in [1.82, 2.24) is 15.1 Å². The number of piperidine rings is 1. The second-order valence-electron chi connectivity index (χ2n) is 7.33. The van der Waals surface area contributed by atoms with E-state index in [1.807, 2.05) is 12.1 Å². The molecule has 3 heterocycles. The Balaban J connectivity index is 1.36. The van der Waals surface area contributed by atoms with Gasteiger partial charge in [0.15, 0.2) is 6.23 Å². The van der Waals surface area contributed by atoms with Crippen LogP contribution in [0, 0.1) is 17.2 Å². The Morgan fingerprint density at radius 1 is 1.31 bits per heavy atom. The maximum Gasteiger partial charge on any atom is 0.279 e. The summed E-state index contributed by atoms with van der Waals surface area (Å²) in [7, 11) is 1.68. The molecular weight excluding hydrogens is 392 g/mol. The molecule has 1 atom stereocenters. The molecule has 0 aliphatic carbocycles. The molecule has 2 aliphatic heterocycles. The lowest BCUT2D eigenvalue weighted by Gasteiger charge is -2.31. The molecule has 29 heavy (non-hydrogen) atoms. The van der Waals surface area contributed by atoms with Crippen molar-refractivity contribution >= 4 is 23.3 Å². The number of hydrazone groups is 1. The van der Waals surface area contributed by atoms with E-state index in [-0.39, 0.29) is 0 Å². The molecule has 0 spiro atoms. The van der Waals surface area contributed by atoms with Gasteiger partial charge in [-0.25, -0.2) is 0 Å². The number of likely N-dealkylation sites (N-methyl/N-ethyl adjacent to an activating group) is 1. The predicted molar refractivity (Wildman–Crippen MR) is 109 cm³/mol. The highest BCUT2D eigenvalue weighted by atomic mass is 35.5. The molecule has 1 saturated heterocycles. The first-order valence-corrected chi connectivity index (χ1v) is 9.86. The van der Waals surface area contributed by atoms with E-state index in [9.17, 15) is 5.11 Å². The van der Waals surface area contributed by atoms with E-state index in [4.69, 9.17) is 21.4 Å². The Labute approximate surface area is 173 Å². The number of aliphatic hydroxyl groups is 1. The summed E-state index contributed by atoms with van der Waals surface area (Å²) in [6.07, 6.45) is 5.43. The van der Waals surface area contributed by atoms with E-state index >= 15 is 0 Å². The Bertz CT molecular complexity index is 987. The lowest BCUT2D eigenvalue weighted by molar-refractivity contribution is 0.0633. The van der Waals surface area contributed by atoms with Gasteiger partial charge < -0.3 is 14.5 Å². The number of nitrogens with zero attached hydrogens (tertiary/aromatic N) is 6. The number of nitriles is 1. The topological polar surface area (TPSA) is 102 Å². The third kappa shape index (κ3) is 4.42. The molecule has 9 heteroatoms. The van der Waals surface area contributed by atoms with Gasteiger partial charge in [0.1, 0.15) is 5.71 Å². The highest BCUT2D eigenvalue weighted by Crippen LogP contribution is 2.26. The van der Waals surface area contributed by atoms with Gasteiger partial charge in [0, 0.05) is 25.2 Å². The molecule has 1 N–H and O–H groups in total. The van der Waals surface area contributed by atoms with Gasteiger partial charge in [-0.3, -0.25) is 5.01 Å². The summed E-state index contributed by atoms with van der Waals surface area (Å²) in [6.45, 7) is 1.66. The number of aromatic nitrogens is 2. The molecule has 2 aromatic rings. The van der Waals surface area contributed by atoms with Crippen molar-refractivity contribution in [3.05, 3.63) is 52.4 Å². The largest absolute Gasteiger partial charge is 0.369 e. The van der Waals surface area contributed by atoms with E-state index in [0.29, 0.717) is 34.1 Å². The molecule has 1 aromatic carbocycles. The van der Waals surface area contributed by atoms with E-state index < -0.39 is 6.23 Å². The minimum Gasteiger partial charge on any atom is -0.369 e. The van der Waals surface area contributed by atoms with Gasteiger partial charge in [0.25, 0.3) is 11.8 Å². The average molecular weight is 413 g/mol.